The topological polar surface area (TPSA) is 52.0 Å². The lowest BCUT2D eigenvalue weighted by molar-refractivity contribution is 0.271. The highest BCUT2D eigenvalue weighted by Crippen LogP contribution is 2.30. The summed E-state index contributed by atoms with van der Waals surface area (Å²) < 4.78 is 1.54. The molecule has 0 bridgehead atoms. The van der Waals surface area contributed by atoms with Crippen molar-refractivity contribution < 1.29 is 5.11 Å². The quantitative estimate of drug-likeness (QED) is 0.744. The lowest BCUT2D eigenvalue weighted by Crippen LogP contribution is -2.44. The predicted octanol–water partition coefficient (Wildman–Crippen LogP) is 3.47. The van der Waals surface area contributed by atoms with Gasteiger partial charge >= 0.3 is 0 Å². The summed E-state index contributed by atoms with van der Waals surface area (Å²) in [4.78, 5) is 6.63. The summed E-state index contributed by atoms with van der Waals surface area (Å²) in [6.45, 7) is 3.40. The van der Waals surface area contributed by atoms with Gasteiger partial charge in [0.1, 0.15) is 11.6 Å². The third-order valence-corrected chi connectivity index (χ3v) is 4.71. The molecule has 0 unspecified atom stereocenters. The van der Waals surface area contributed by atoms with Crippen molar-refractivity contribution in [2.24, 2.45) is 5.10 Å². The molecule has 1 saturated heterocycles. The highest BCUT2D eigenvalue weighted by molar-refractivity contribution is 9.11. The van der Waals surface area contributed by atoms with Gasteiger partial charge in [0.25, 0.3) is 0 Å². The van der Waals surface area contributed by atoms with Crippen LogP contribution in [-0.2, 0) is 0 Å². The average molecular weight is 440 g/mol. The van der Waals surface area contributed by atoms with Crippen LogP contribution in [0.2, 0.25) is 0 Å². The number of piperazine rings is 1. The van der Waals surface area contributed by atoms with Crippen molar-refractivity contribution in [1.82, 2.24) is 9.99 Å². The van der Waals surface area contributed by atoms with Crippen molar-refractivity contribution in [3.8, 4) is 5.75 Å². The predicted molar refractivity (Wildman–Crippen MR) is 99.1 cm³/mol. The number of rotatable bonds is 3. The number of aromatic hydroxyl groups is 1. The van der Waals surface area contributed by atoms with Crippen LogP contribution in [0.4, 0.5) is 5.82 Å². The van der Waals surface area contributed by atoms with Gasteiger partial charge in [-0.2, -0.15) is 5.10 Å². The van der Waals surface area contributed by atoms with E-state index in [2.05, 4.69) is 46.8 Å². The molecule has 1 aromatic heterocycles. The molecular weight excluding hydrogens is 424 g/mol. The maximum Gasteiger partial charge on any atom is 0.138 e. The van der Waals surface area contributed by atoms with Gasteiger partial charge in [0.05, 0.1) is 23.8 Å². The molecule has 1 aliphatic heterocycles. The van der Waals surface area contributed by atoms with Gasteiger partial charge in [-0.25, -0.2) is 4.98 Å². The van der Waals surface area contributed by atoms with Crippen molar-refractivity contribution in [1.29, 1.82) is 0 Å². The van der Waals surface area contributed by atoms with Crippen molar-refractivity contribution in [2.75, 3.05) is 31.1 Å². The number of hydrogen-bond donors (Lipinski definition) is 1. The number of halogens is 2. The van der Waals surface area contributed by atoms with E-state index in [9.17, 15) is 5.11 Å². The molecule has 0 atom stereocenters. The lowest BCUT2D eigenvalue weighted by Gasteiger charge is -2.33. The van der Waals surface area contributed by atoms with E-state index < -0.39 is 0 Å². The molecular formula is C16H16Br2N4O. The fraction of sp³-hybridized carbons (Fsp3) is 0.250. The fourth-order valence-electron chi connectivity index (χ4n) is 2.41. The summed E-state index contributed by atoms with van der Waals surface area (Å²) in [5, 5.41) is 16.5. The maximum atomic E-state index is 10.0. The number of phenolic OH excluding ortho intramolecular Hbond substituents is 1. The summed E-state index contributed by atoms with van der Waals surface area (Å²) in [6.07, 6.45) is 3.51. The van der Waals surface area contributed by atoms with E-state index in [1.807, 2.05) is 35.5 Å². The van der Waals surface area contributed by atoms with E-state index in [0.29, 0.717) is 10.0 Å². The minimum Gasteiger partial charge on any atom is -0.506 e. The zero-order valence-corrected chi connectivity index (χ0v) is 15.5. The molecule has 1 aliphatic rings. The van der Waals surface area contributed by atoms with Gasteiger partial charge < -0.3 is 10.0 Å². The Kier molecular flexibility index (Phi) is 5.17. The Morgan fingerprint density at radius 2 is 1.91 bits per heavy atom. The number of nitrogens with zero attached hydrogens (tertiary/aromatic N) is 4. The van der Waals surface area contributed by atoms with Gasteiger partial charge in [-0.15, -0.1) is 0 Å². The smallest absolute Gasteiger partial charge is 0.138 e. The van der Waals surface area contributed by atoms with Crippen molar-refractivity contribution in [3.05, 3.63) is 51.0 Å². The number of benzene rings is 1. The SMILES string of the molecule is Oc1c(Br)cc(Br)cc1/C=N/N1CCN(c2ccccn2)CC1. The summed E-state index contributed by atoms with van der Waals surface area (Å²) >= 11 is 6.74. The average Bonchev–Trinajstić information content (AvgIpc) is 2.58. The lowest BCUT2D eigenvalue weighted by atomic mass is 10.2. The standard InChI is InChI=1S/C16H16Br2N4O/c17-13-9-12(16(23)14(18)10-13)11-20-22-7-5-21(6-8-22)15-3-1-2-4-19-15/h1-4,9-11,23H,5-8H2/b20-11+. The van der Waals surface area contributed by atoms with E-state index >= 15 is 0 Å². The van der Waals surface area contributed by atoms with Gasteiger partial charge in [0.15, 0.2) is 0 Å². The zero-order chi connectivity index (χ0) is 16.2. The van der Waals surface area contributed by atoms with Crippen LogP contribution in [-0.4, -0.2) is 47.5 Å². The third kappa shape index (κ3) is 4.03. The van der Waals surface area contributed by atoms with Gasteiger partial charge in [0, 0.05) is 29.3 Å². The zero-order valence-electron chi connectivity index (χ0n) is 12.4. The van der Waals surface area contributed by atoms with E-state index in [0.717, 1.165) is 36.5 Å². The minimum absolute atomic E-state index is 0.198. The molecule has 1 fully saturated rings. The molecule has 120 valence electrons. The third-order valence-electron chi connectivity index (χ3n) is 3.65. The number of aromatic nitrogens is 1. The maximum absolute atomic E-state index is 10.0. The van der Waals surface area contributed by atoms with Gasteiger partial charge in [-0.3, -0.25) is 5.01 Å². The Balaban J connectivity index is 1.63. The molecule has 3 rings (SSSR count). The molecule has 1 aromatic carbocycles. The van der Waals surface area contributed by atoms with Crippen molar-refractivity contribution >= 4 is 43.9 Å². The molecule has 0 aliphatic carbocycles. The Bertz CT molecular complexity index is 701. The Labute approximate surface area is 151 Å². The van der Waals surface area contributed by atoms with E-state index in [1.54, 1.807) is 12.3 Å². The molecule has 1 N–H and O–H groups in total. The Morgan fingerprint density at radius 1 is 1.13 bits per heavy atom. The van der Waals surface area contributed by atoms with Crippen LogP contribution in [0.5, 0.6) is 5.75 Å². The first-order chi connectivity index (χ1) is 11.1. The van der Waals surface area contributed by atoms with E-state index in [1.165, 1.54) is 0 Å². The number of pyridine rings is 1. The first-order valence-electron chi connectivity index (χ1n) is 7.26. The monoisotopic (exact) mass is 438 g/mol. The highest BCUT2D eigenvalue weighted by atomic mass is 79.9. The van der Waals surface area contributed by atoms with E-state index in [-0.39, 0.29) is 5.75 Å². The summed E-state index contributed by atoms with van der Waals surface area (Å²) in [6, 6.07) is 9.59. The van der Waals surface area contributed by atoms with Crippen LogP contribution in [0, 0.1) is 0 Å². The largest absolute Gasteiger partial charge is 0.506 e. The van der Waals surface area contributed by atoms with Crippen LogP contribution in [0.3, 0.4) is 0 Å². The number of phenols is 1. The second-order valence-corrected chi connectivity index (χ2v) is 6.97. The Hall–Kier alpha value is -1.60. The molecule has 0 amide bonds. The van der Waals surface area contributed by atoms with Crippen molar-refractivity contribution in [2.45, 2.75) is 0 Å². The van der Waals surface area contributed by atoms with Gasteiger partial charge in [-0.05, 0) is 40.2 Å². The normalized spacial score (nSPS) is 15.4. The molecule has 0 saturated carbocycles. The van der Waals surface area contributed by atoms with Crippen LogP contribution in [0.15, 0.2) is 50.6 Å². The van der Waals surface area contributed by atoms with Gasteiger partial charge in [0.2, 0.25) is 0 Å². The molecule has 0 spiro atoms. The molecule has 2 aromatic rings. The van der Waals surface area contributed by atoms with Crippen LogP contribution in [0.25, 0.3) is 0 Å². The molecule has 23 heavy (non-hydrogen) atoms. The fourth-order valence-corrected chi connectivity index (χ4v) is 3.67. The second-order valence-electron chi connectivity index (χ2n) is 5.20. The molecule has 7 heteroatoms. The first-order valence-corrected chi connectivity index (χ1v) is 8.85. The summed E-state index contributed by atoms with van der Waals surface area (Å²) in [5.74, 6) is 1.20. The van der Waals surface area contributed by atoms with Gasteiger partial charge in [-0.1, -0.05) is 22.0 Å². The number of hydrazone groups is 1. The molecule has 5 nitrogen and oxygen atoms in total. The van der Waals surface area contributed by atoms with Crippen LogP contribution < -0.4 is 4.90 Å². The summed E-state index contributed by atoms with van der Waals surface area (Å²) in [7, 11) is 0. The number of anilines is 1. The minimum atomic E-state index is 0.198. The van der Waals surface area contributed by atoms with Crippen molar-refractivity contribution in [3.63, 3.8) is 0 Å². The highest BCUT2D eigenvalue weighted by Gasteiger charge is 2.16. The second kappa shape index (κ2) is 7.31. The number of hydrogen-bond acceptors (Lipinski definition) is 5. The van der Waals surface area contributed by atoms with Crippen LogP contribution in [0.1, 0.15) is 5.56 Å². The van der Waals surface area contributed by atoms with Crippen LogP contribution >= 0.6 is 31.9 Å². The molecule has 0 radical (unpaired) electrons. The summed E-state index contributed by atoms with van der Waals surface area (Å²) in [5.41, 5.74) is 0.679. The van der Waals surface area contributed by atoms with E-state index in [4.69, 9.17) is 0 Å². The first kappa shape index (κ1) is 16.3. The Morgan fingerprint density at radius 3 is 2.61 bits per heavy atom. The molecule has 2 heterocycles.